The fraction of sp³-hybridized carbons (Fsp3) is 0.556. The molecule has 0 saturated heterocycles. The van der Waals surface area contributed by atoms with E-state index in [-0.39, 0.29) is 11.9 Å². The Hall–Kier alpha value is -2.00. The van der Waals surface area contributed by atoms with Crippen molar-refractivity contribution < 1.29 is 17.3 Å². The average molecular weight is 396 g/mol. The van der Waals surface area contributed by atoms with Crippen LogP contribution in [-0.2, 0) is 10.0 Å². The summed E-state index contributed by atoms with van der Waals surface area (Å²) in [6, 6.07) is 6.56. The first-order valence-electron chi connectivity index (χ1n) is 9.18. The highest BCUT2D eigenvalue weighted by atomic mass is 32.2. The van der Waals surface area contributed by atoms with E-state index < -0.39 is 15.3 Å². The lowest BCUT2D eigenvalue weighted by Gasteiger charge is -2.28. The fourth-order valence-corrected chi connectivity index (χ4v) is 3.91. The summed E-state index contributed by atoms with van der Waals surface area (Å²) in [6.07, 6.45) is 3.63. The lowest BCUT2D eigenvalue weighted by molar-refractivity contribution is 0.330. The number of anilines is 1. The van der Waals surface area contributed by atoms with Gasteiger partial charge in [-0.2, -0.15) is 4.98 Å². The molecule has 1 heterocycles. The van der Waals surface area contributed by atoms with Gasteiger partial charge < -0.3 is 9.84 Å². The Bertz CT molecular complexity index is 861. The van der Waals surface area contributed by atoms with Crippen LogP contribution in [0.4, 0.5) is 10.4 Å². The number of halogens is 1. The summed E-state index contributed by atoms with van der Waals surface area (Å²) in [7, 11) is -3.21. The summed E-state index contributed by atoms with van der Waals surface area (Å²) in [5.74, 6) is 0.328. The van der Waals surface area contributed by atoms with E-state index in [0.29, 0.717) is 29.9 Å². The quantitative estimate of drug-likeness (QED) is 0.746. The summed E-state index contributed by atoms with van der Waals surface area (Å²) < 4.78 is 44.9. The number of hydrogen-bond donors (Lipinski definition) is 2. The first-order valence-corrected chi connectivity index (χ1v) is 10.7. The predicted octanol–water partition coefficient (Wildman–Crippen LogP) is 3.17. The van der Waals surface area contributed by atoms with Gasteiger partial charge in [0.25, 0.3) is 0 Å². The van der Waals surface area contributed by atoms with Gasteiger partial charge in [-0.15, -0.1) is 0 Å². The van der Waals surface area contributed by atoms with Crippen molar-refractivity contribution >= 4 is 16.0 Å². The molecule has 0 radical (unpaired) electrons. The van der Waals surface area contributed by atoms with Crippen LogP contribution in [0.3, 0.4) is 0 Å². The molecule has 0 atom stereocenters. The zero-order valence-electron chi connectivity index (χ0n) is 15.5. The van der Waals surface area contributed by atoms with Crippen molar-refractivity contribution in [1.29, 1.82) is 0 Å². The molecule has 1 aromatic carbocycles. The first-order chi connectivity index (χ1) is 12.8. The van der Waals surface area contributed by atoms with Crippen LogP contribution in [-0.4, -0.2) is 36.4 Å². The van der Waals surface area contributed by atoms with Crippen LogP contribution in [0.5, 0.6) is 0 Å². The third-order valence-electron chi connectivity index (χ3n) is 4.88. The topological polar surface area (TPSA) is 97.1 Å². The maximum Gasteiger partial charge on any atom is 0.322 e. The molecule has 7 nitrogen and oxygen atoms in total. The molecule has 148 valence electrons. The van der Waals surface area contributed by atoms with E-state index in [1.807, 2.05) is 0 Å². The molecule has 2 N–H and O–H groups in total. The number of aromatic nitrogens is 2. The van der Waals surface area contributed by atoms with E-state index in [4.69, 9.17) is 4.52 Å². The third kappa shape index (κ3) is 5.26. The molecule has 2 aromatic rings. The number of sulfonamides is 1. The number of nitrogens with zero attached hydrogens (tertiary/aromatic N) is 2. The second-order valence-corrected chi connectivity index (χ2v) is 9.56. The van der Waals surface area contributed by atoms with E-state index >= 15 is 0 Å². The highest BCUT2D eigenvalue weighted by Crippen LogP contribution is 2.27. The molecule has 3 rings (SSSR count). The van der Waals surface area contributed by atoms with Gasteiger partial charge in [-0.05, 0) is 57.6 Å². The molecule has 1 saturated carbocycles. The highest BCUT2D eigenvalue weighted by Gasteiger charge is 2.24. The van der Waals surface area contributed by atoms with Crippen molar-refractivity contribution in [3.05, 3.63) is 30.1 Å². The standard InChI is InChI=1S/C18H25FN4O3S/c1-12(2)27(24,25)20-11-13-6-8-16(9-7-13)21-18-22-17(23-26-18)14-4-3-5-15(19)10-14/h3-5,10,12-13,16,20H,6-9,11H2,1-2H3,(H,21,22,23)/t13-,16-. The van der Waals surface area contributed by atoms with E-state index in [1.54, 1.807) is 26.0 Å². The van der Waals surface area contributed by atoms with E-state index in [1.165, 1.54) is 12.1 Å². The van der Waals surface area contributed by atoms with Crippen LogP contribution >= 0.6 is 0 Å². The fourth-order valence-electron chi connectivity index (χ4n) is 3.11. The minimum atomic E-state index is -3.21. The van der Waals surface area contributed by atoms with Crippen molar-refractivity contribution in [3.63, 3.8) is 0 Å². The Morgan fingerprint density at radius 2 is 2.00 bits per heavy atom. The van der Waals surface area contributed by atoms with Gasteiger partial charge in [0, 0.05) is 18.2 Å². The molecule has 1 aliphatic carbocycles. The maximum atomic E-state index is 13.3. The summed E-state index contributed by atoms with van der Waals surface area (Å²) in [5.41, 5.74) is 0.563. The van der Waals surface area contributed by atoms with Crippen LogP contribution in [0, 0.1) is 11.7 Å². The lowest BCUT2D eigenvalue weighted by Crippen LogP contribution is -2.37. The molecule has 27 heavy (non-hydrogen) atoms. The van der Waals surface area contributed by atoms with Crippen LogP contribution < -0.4 is 10.0 Å². The molecular formula is C18H25FN4O3S. The number of hydrogen-bond acceptors (Lipinski definition) is 6. The van der Waals surface area contributed by atoms with Crippen molar-refractivity contribution in [2.45, 2.75) is 50.8 Å². The Morgan fingerprint density at radius 1 is 1.26 bits per heavy atom. The van der Waals surface area contributed by atoms with Crippen molar-refractivity contribution in [2.24, 2.45) is 5.92 Å². The first kappa shape index (κ1) is 19.8. The second-order valence-electron chi connectivity index (χ2n) is 7.24. The van der Waals surface area contributed by atoms with Gasteiger partial charge in [0.05, 0.1) is 5.25 Å². The SMILES string of the molecule is CC(C)S(=O)(=O)NC[C@H]1CC[C@H](Nc2nc(-c3cccc(F)c3)no2)CC1. The van der Waals surface area contributed by atoms with Crippen molar-refractivity contribution in [3.8, 4) is 11.4 Å². The van der Waals surface area contributed by atoms with Gasteiger partial charge >= 0.3 is 6.01 Å². The molecule has 0 amide bonds. The molecular weight excluding hydrogens is 371 g/mol. The van der Waals surface area contributed by atoms with Crippen LogP contribution in [0.1, 0.15) is 39.5 Å². The summed E-state index contributed by atoms with van der Waals surface area (Å²) in [4.78, 5) is 4.28. The van der Waals surface area contributed by atoms with Gasteiger partial charge in [0.2, 0.25) is 15.8 Å². The van der Waals surface area contributed by atoms with Crippen LogP contribution in [0.15, 0.2) is 28.8 Å². The monoisotopic (exact) mass is 396 g/mol. The van der Waals surface area contributed by atoms with Crippen molar-refractivity contribution in [2.75, 3.05) is 11.9 Å². The van der Waals surface area contributed by atoms with Gasteiger partial charge in [0.15, 0.2) is 0 Å². The minimum Gasteiger partial charge on any atom is -0.335 e. The second kappa shape index (κ2) is 8.35. The minimum absolute atomic E-state index is 0.198. The number of nitrogens with one attached hydrogen (secondary N) is 2. The Kier molecular flexibility index (Phi) is 6.11. The van der Waals surface area contributed by atoms with Gasteiger partial charge in [-0.1, -0.05) is 17.3 Å². The van der Waals surface area contributed by atoms with Gasteiger partial charge in [-0.25, -0.2) is 17.5 Å². The zero-order valence-corrected chi connectivity index (χ0v) is 16.3. The van der Waals surface area contributed by atoms with E-state index in [2.05, 4.69) is 20.2 Å². The van der Waals surface area contributed by atoms with E-state index in [0.717, 1.165) is 25.7 Å². The predicted molar refractivity (Wildman–Crippen MR) is 101 cm³/mol. The largest absolute Gasteiger partial charge is 0.335 e. The molecule has 0 spiro atoms. The molecule has 0 bridgehead atoms. The normalized spacial score (nSPS) is 20.7. The Balaban J connectivity index is 1.49. The number of benzene rings is 1. The molecule has 1 aliphatic rings. The van der Waals surface area contributed by atoms with E-state index in [9.17, 15) is 12.8 Å². The Labute approximate surface area is 158 Å². The maximum absolute atomic E-state index is 13.3. The molecule has 1 aromatic heterocycles. The summed E-state index contributed by atoms with van der Waals surface area (Å²) in [6.45, 7) is 3.83. The molecule has 0 unspecified atom stereocenters. The van der Waals surface area contributed by atoms with Crippen molar-refractivity contribution in [1.82, 2.24) is 14.9 Å². The number of rotatable bonds is 7. The highest BCUT2D eigenvalue weighted by molar-refractivity contribution is 7.90. The lowest BCUT2D eigenvalue weighted by atomic mass is 9.86. The van der Waals surface area contributed by atoms with Gasteiger partial charge in [-0.3, -0.25) is 0 Å². The molecule has 0 aliphatic heterocycles. The molecule has 9 heteroatoms. The van der Waals surface area contributed by atoms with Gasteiger partial charge in [0.1, 0.15) is 5.82 Å². The zero-order chi connectivity index (χ0) is 19.4. The smallest absolute Gasteiger partial charge is 0.322 e. The third-order valence-corrected chi connectivity index (χ3v) is 6.69. The summed E-state index contributed by atoms with van der Waals surface area (Å²) >= 11 is 0. The van der Waals surface area contributed by atoms with Crippen LogP contribution in [0.25, 0.3) is 11.4 Å². The molecule has 1 fully saturated rings. The van der Waals surface area contributed by atoms with Crippen LogP contribution in [0.2, 0.25) is 0 Å². The Morgan fingerprint density at radius 3 is 2.67 bits per heavy atom. The average Bonchev–Trinajstić information content (AvgIpc) is 3.10. The summed E-state index contributed by atoms with van der Waals surface area (Å²) in [5, 5.41) is 6.70.